The van der Waals surface area contributed by atoms with Gasteiger partial charge in [0.25, 0.3) is 0 Å². The molecule has 0 saturated carbocycles. The van der Waals surface area contributed by atoms with Crippen LogP contribution in [0, 0.1) is 5.92 Å². The second kappa shape index (κ2) is 9.99. The zero-order chi connectivity index (χ0) is 14.8. The average Bonchev–Trinajstić information content (AvgIpc) is 2.93. The topological polar surface area (TPSA) is 50.4 Å². The number of hydroxylamine groups is 2. The van der Waals surface area contributed by atoms with Gasteiger partial charge >= 0.3 is 0 Å². The van der Waals surface area contributed by atoms with E-state index in [1.807, 2.05) is 6.20 Å². The van der Waals surface area contributed by atoms with E-state index in [0.29, 0.717) is 0 Å². The molecule has 5 nitrogen and oxygen atoms in total. The Hall–Kier alpha value is -0.820. The van der Waals surface area contributed by atoms with E-state index in [2.05, 4.69) is 32.3 Å². The Bertz CT molecular complexity index is 380. The van der Waals surface area contributed by atoms with Crippen molar-refractivity contribution < 1.29 is 9.32 Å². The third-order valence-electron chi connectivity index (χ3n) is 3.06. The Labute approximate surface area is 125 Å². The van der Waals surface area contributed by atoms with Gasteiger partial charge in [-0.05, 0) is 38.5 Å². The molecule has 1 aliphatic rings. The number of aromatic amines is 1. The van der Waals surface area contributed by atoms with Crippen molar-refractivity contribution in [3.8, 4) is 0 Å². The lowest BCUT2D eigenvalue weighted by atomic mass is 9.87. The van der Waals surface area contributed by atoms with Crippen LogP contribution in [0.2, 0.25) is 0 Å². The van der Waals surface area contributed by atoms with Crippen molar-refractivity contribution in [2.45, 2.75) is 32.6 Å². The predicted octanol–water partition coefficient (Wildman–Crippen LogP) is 3.39. The summed E-state index contributed by atoms with van der Waals surface area (Å²) in [5.41, 5.74) is 2.83. The third-order valence-corrected chi connectivity index (χ3v) is 3.25. The molecule has 1 aromatic rings. The predicted molar refractivity (Wildman–Crippen MR) is 82.8 cm³/mol. The van der Waals surface area contributed by atoms with Crippen LogP contribution in [-0.2, 0) is 15.7 Å². The molecular weight excluding hydrogens is 274 g/mol. The molecule has 0 amide bonds. The van der Waals surface area contributed by atoms with Crippen molar-refractivity contribution in [2.75, 3.05) is 20.4 Å². The lowest BCUT2D eigenvalue weighted by Crippen LogP contribution is -2.09. The Kier molecular flexibility index (Phi) is 8.60. The first kappa shape index (κ1) is 17.2. The molecule has 2 rings (SSSR count). The lowest BCUT2D eigenvalue weighted by Gasteiger charge is -2.19. The van der Waals surface area contributed by atoms with Crippen molar-refractivity contribution in [1.29, 1.82) is 0 Å². The molecule has 0 saturated heterocycles. The Balaban J connectivity index is 0.000000246. The van der Waals surface area contributed by atoms with Crippen molar-refractivity contribution in [3.63, 3.8) is 0 Å². The maximum Gasteiger partial charge on any atom is 0.0921 e. The fourth-order valence-corrected chi connectivity index (χ4v) is 2.19. The van der Waals surface area contributed by atoms with Gasteiger partial charge in [-0.15, -0.1) is 9.32 Å². The number of nitrogens with zero attached hydrogens (tertiary/aromatic N) is 2. The van der Waals surface area contributed by atoms with E-state index >= 15 is 0 Å². The van der Waals surface area contributed by atoms with Gasteiger partial charge in [0.2, 0.25) is 0 Å². The highest BCUT2D eigenvalue weighted by Crippen LogP contribution is 2.25. The summed E-state index contributed by atoms with van der Waals surface area (Å²) in [5, 5.41) is 1.47. The van der Waals surface area contributed by atoms with Crippen LogP contribution in [0.3, 0.4) is 0 Å². The largest absolute Gasteiger partial charge is 0.348 e. The number of aromatic nitrogens is 2. The van der Waals surface area contributed by atoms with Gasteiger partial charge in [-0.3, -0.25) is 0 Å². The Morgan fingerprint density at radius 3 is 2.75 bits per heavy atom. The zero-order valence-corrected chi connectivity index (χ0v) is 13.6. The molecular formula is C14H25N3O2S. The SMILES string of the molecule is CC1=CCC(Cc2cnc[nH]2)CC1.CSOON(C)C. The molecule has 1 unspecified atom stereocenters. The molecule has 6 heteroatoms. The standard InChI is InChI=1S/C11H16N2.C3H9NO2S/c1-9-2-4-10(5-3-9)6-11-7-12-8-13-11;1-4(2)5-6-7-3/h2,7-8,10H,3-6H2,1H3,(H,12,13);1-3H3. The van der Waals surface area contributed by atoms with Gasteiger partial charge in [0, 0.05) is 44.3 Å². The summed E-state index contributed by atoms with van der Waals surface area (Å²) in [6.45, 7) is 2.23. The minimum Gasteiger partial charge on any atom is -0.348 e. The molecule has 114 valence electrons. The van der Waals surface area contributed by atoms with Gasteiger partial charge in [-0.2, -0.15) is 5.06 Å². The van der Waals surface area contributed by atoms with E-state index < -0.39 is 0 Å². The van der Waals surface area contributed by atoms with Crippen LogP contribution in [0.4, 0.5) is 0 Å². The summed E-state index contributed by atoms with van der Waals surface area (Å²) in [6, 6.07) is 0. The fourth-order valence-electron chi connectivity index (χ4n) is 2.00. The van der Waals surface area contributed by atoms with E-state index in [-0.39, 0.29) is 0 Å². The van der Waals surface area contributed by atoms with Gasteiger partial charge < -0.3 is 4.98 Å². The van der Waals surface area contributed by atoms with Crippen molar-refractivity contribution >= 4 is 12.0 Å². The summed E-state index contributed by atoms with van der Waals surface area (Å²) in [6.07, 6.45) is 12.9. The van der Waals surface area contributed by atoms with Gasteiger partial charge in [-0.1, -0.05) is 11.6 Å². The number of allylic oxidation sites excluding steroid dienone is 2. The number of hydrogen-bond acceptors (Lipinski definition) is 5. The first-order valence-corrected chi connectivity index (χ1v) is 7.94. The molecule has 0 aliphatic heterocycles. The molecule has 0 bridgehead atoms. The minimum atomic E-state index is 0.823. The second-order valence-corrected chi connectivity index (χ2v) is 5.56. The van der Waals surface area contributed by atoms with Crippen molar-refractivity contribution in [3.05, 3.63) is 29.9 Å². The van der Waals surface area contributed by atoms with E-state index in [9.17, 15) is 0 Å². The average molecular weight is 299 g/mol. The highest BCUT2D eigenvalue weighted by Gasteiger charge is 2.13. The van der Waals surface area contributed by atoms with Crippen LogP contribution >= 0.6 is 12.0 Å². The molecule has 1 heterocycles. The highest BCUT2D eigenvalue weighted by atomic mass is 32.2. The molecule has 0 aromatic carbocycles. The maximum atomic E-state index is 4.49. The maximum absolute atomic E-state index is 4.49. The quantitative estimate of drug-likeness (QED) is 0.391. The third kappa shape index (κ3) is 7.69. The number of imidazole rings is 1. The van der Waals surface area contributed by atoms with E-state index in [1.165, 1.54) is 42.1 Å². The first-order chi connectivity index (χ1) is 9.61. The summed E-state index contributed by atoms with van der Waals surface area (Å²) in [7, 11) is 3.49. The molecule has 0 fully saturated rings. The smallest absolute Gasteiger partial charge is 0.0921 e. The normalized spacial score (nSPS) is 18.4. The zero-order valence-electron chi connectivity index (χ0n) is 12.8. The van der Waals surface area contributed by atoms with Gasteiger partial charge in [0.15, 0.2) is 0 Å². The Morgan fingerprint density at radius 2 is 2.30 bits per heavy atom. The molecule has 20 heavy (non-hydrogen) atoms. The monoisotopic (exact) mass is 299 g/mol. The van der Waals surface area contributed by atoms with Crippen LogP contribution < -0.4 is 0 Å². The van der Waals surface area contributed by atoms with Crippen LogP contribution in [0.15, 0.2) is 24.2 Å². The lowest BCUT2D eigenvalue weighted by molar-refractivity contribution is -0.340. The van der Waals surface area contributed by atoms with Crippen molar-refractivity contribution in [1.82, 2.24) is 15.0 Å². The number of rotatable bonds is 5. The first-order valence-electron chi connectivity index (χ1n) is 6.79. The molecule has 1 aromatic heterocycles. The molecule has 1 atom stereocenters. The van der Waals surface area contributed by atoms with E-state index in [0.717, 1.165) is 12.3 Å². The molecule has 1 aliphatic carbocycles. The molecule has 0 radical (unpaired) electrons. The van der Waals surface area contributed by atoms with Crippen LogP contribution in [0.1, 0.15) is 31.9 Å². The van der Waals surface area contributed by atoms with Crippen LogP contribution in [0.25, 0.3) is 0 Å². The molecule has 0 spiro atoms. The van der Waals surface area contributed by atoms with Crippen LogP contribution in [0.5, 0.6) is 0 Å². The summed E-state index contributed by atoms with van der Waals surface area (Å²) in [4.78, 5) is 11.7. The fraction of sp³-hybridized carbons (Fsp3) is 0.643. The van der Waals surface area contributed by atoms with E-state index in [4.69, 9.17) is 0 Å². The highest BCUT2D eigenvalue weighted by molar-refractivity contribution is 7.93. The minimum absolute atomic E-state index is 0.823. The summed E-state index contributed by atoms with van der Waals surface area (Å²) in [5.74, 6) is 0.823. The number of nitrogens with one attached hydrogen (secondary N) is 1. The number of hydrogen-bond donors (Lipinski definition) is 1. The van der Waals surface area contributed by atoms with Crippen LogP contribution in [-0.4, -0.2) is 35.4 Å². The van der Waals surface area contributed by atoms with Gasteiger partial charge in [-0.25, -0.2) is 4.98 Å². The summed E-state index contributed by atoms with van der Waals surface area (Å²) < 4.78 is 4.44. The summed E-state index contributed by atoms with van der Waals surface area (Å²) >= 11 is 1.17. The van der Waals surface area contributed by atoms with Crippen molar-refractivity contribution in [2.24, 2.45) is 5.92 Å². The van der Waals surface area contributed by atoms with E-state index in [1.54, 1.807) is 32.3 Å². The Morgan fingerprint density at radius 1 is 1.50 bits per heavy atom. The van der Waals surface area contributed by atoms with Gasteiger partial charge in [0.1, 0.15) is 0 Å². The van der Waals surface area contributed by atoms with Gasteiger partial charge in [0.05, 0.1) is 6.33 Å². The number of H-pyrrole nitrogens is 1. The molecule has 1 N–H and O–H groups in total. The second-order valence-electron chi connectivity index (χ2n) is 5.09.